The summed E-state index contributed by atoms with van der Waals surface area (Å²) in [6.07, 6.45) is -0.0502. The van der Waals surface area contributed by atoms with E-state index in [0.29, 0.717) is 5.56 Å². The molecule has 0 aliphatic carbocycles. The maximum absolute atomic E-state index is 11.5. The summed E-state index contributed by atoms with van der Waals surface area (Å²) in [7, 11) is 0. The summed E-state index contributed by atoms with van der Waals surface area (Å²) in [5.74, 6) is 0. The van der Waals surface area contributed by atoms with Gasteiger partial charge in [-0.25, -0.2) is 4.79 Å². The minimum absolute atomic E-state index is 0.125. The number of aliphatic hydroxyl groups excluding tert-OH is 2. The highest BCUT2D eigenvalue weighted by molar-refractivity contribution is 5.67. The van der Waals surface area contributed by atoms with E-state index in [4.69, 9.17) is 4.74 Å². The molecule has 7 nitrogen and oxygen atoms in total. The molecule has 112 valence electrons. The van der Waals surface area contributed by atoms with Crippen molar-refractivity contribution in [3.05, 3.63) is 53.9 Å². The van der Waals surface area contributed by atoms with Crippen LogP contribution >= 0.6 is 0 Å². The monoisotopic (exact) mass is 291 g/mol. The Kier molecular flexibility index (Phi) is 5.30. The molecule has 2 rings (SSSR count). The molecule has 2 unspecified atom stereocenters. The Morgan fingerprint density at radius 1 is 1.33 bits per heavy atom. The molecule has 0 aliphatic rings. The summed E-state index contributed by atoms with van der Waals surface area (Å²) < 4.78 is 4.99. The Bertz CT molecular complexity index is 545. The molecule has 2 aromatic rings. The minimum atomic E-state index is -1.15. The fourth-order valence-corrected chi connectivity index (χ4v) is 1.72. The third-order valence-corrected chi connectivity index (χ3v) is 2.89. The van der Waals surface area contributed by atoms with Gasteiger partial charge in [0.05, 0.1) is 6.20 Å². The first kappa shape index (κ1) is 15.0. The van der Waals surface area contributed by atoms with Gasteiger partial charge in [-0.15, -0.1) is 0 Å². The summed E-state index contributed by atoms with van der Waals surface area (Å²) in [5.41, 5.74) is 1.31. The van der Waals surface area contributed by atoms with Crippen molar-refractivity contribution in [2.75, 3.05) is 6.54 Å². The molecule has 21 heavy (non-hydrogen) atoms. The van der Waals surface area contributed by atoms with E-state index in [1.807, 2.05) is 30.3 Å². The molecular formula is C14H17N3O4. The zero-order valence-electron chi connectivity index (χ0n) is 11.3. The van der Waals surface area contributed by atoms with Crippen LogP contribution in [0.1, 0.15) is 17.2 Å². The van der Waals surface area contributed by atoms with Gasteiger partial charge in [-0.05, 0) is 5.56 Å². The number of H-pyrrole nitrogens is 1. The van der Waals surface area contributed by atoms with Crippen LogP contribution in [0, 0.1) is 0 Å². The van der Waals surface area contributed by atoms with E-state index in [1.54, 1.807) is 0 Å². The third kappa shape index (κ3) is 4.59. The normalized spacial score (nSPS) is 13.4. The van der Waals surface area contributed by atoms with Crippen molar-refractivity contribution in [3.8, 4) is 0 Å². The van der Waals surface area contributed by atoms with Crippen molar-refractivity contribution in [3.63, 3.8) is 0 Å². The molecule has 1 aromatic heterocycles. The number of benzene rings is 1. The van der Waals surface area contributed by atoms with Crippen molar-refractivity contribution in [2.24, 2.45) is 0 Å². The number of aromatic nitrogens is 2. The van der Waals surface area contributed by atoms with Crippen LogP contribution in [0.4, 0.5) is 4.79 Å². The predicted molar refractivity (Wildman–Crippen MR) is 74.2 cm³/mol. The molecule has 0 fully saturated rings. The van der Waals surface area contributed by atoms with E-state index in [-0.39, 0.29) is 13.2 Å². The Labute approximate surface area is 121 Å². The number of nitrogens with zero attached hydrogens (tertiary/aromatic N) is 1. The number of aliphatic hydroxyl groups is 2. The lowest BCUT2D eigenvalue weighted by molar-refractivity contribution is 0.0184. The van der Waals surface area contributed by atoms with Crippen molar-refractivity contribution in [2.45, 2.75) is 18.8 Å². The molecular weight excluding hydrogens is 274 g/mol. The lowest BCUT2D eigenvalue weighted by atomic mass is 10.1. The number of carbonyl (C=O) groups is 1. The largest absolute Gasteiger partial charge is 0.445 e. The standard InChI is InChI=1S/C14H17N3O4/c18-12(13(19)11-6-16-17-7-11)8-15-14(20)21-9-10-4-2-1-3-5-10/h1-7,12-13,18-19H,8-9H2,(H,15,20)(H,16,17). The lowest BCUT2D eigenvalue weighted by Crippen LogP contribution is -2.35. The number of amides is 1. The zero-order valence-corrected chi connectivity index (χ0v) is 11.3. The van der Waals surface area contributed by atoms with Gasteiger partial charge in [-0.1, -0.05) is 30.3 Å². The molecule has 0 bridgehead atoms. The van der Waals surface area contributed by atoms with Crippen LogP contribution in [0.3, 0.4) is 0 Å². The molecule has 0 saturated heterocycles. The fourth-order valence-electron chi connectivity index (χ4n) is 1.72. The summed E-state index contributed by atoms with van der Waals surface area (Å²) >= 11 is 0. The lowest BCUT2D eigenvalue weighted by Gasteiger charge is -2.16. The van der Waals surface area contributed by atoms with Crippen LogP contribution in [0.15, 0.2) is 42.7 Å². The van der Waals surface area contributed by atoms with Crippen molar-refractivity contribution >= 4 is 6.09 Å². The summed E-state index contributed by atoms with van der Waals surface area (Å²) in [4.78, 5) is 11.5. The number of alkyl carbamates (subject to hydrolysis) is 1. The van der Waals surface area contributed by atoms with Gasteiger partial charge in [-0.2, -0.15) is 5.10 Å². The van der Waals surface area contributed by atoms with Crippen molar-refractivity contribution in [1.82, 2.24) is 15.5 Å². The number of aromatic amines is 1. The first-order valence-electron chi connectivity index (χ1n) is 6.46. The number of rotatable bonds is 6. The summed E-state index contributed by atoms with van der Waals surface area (Å²) in [6, 6.07) is 9.25. The molecule has 0 aliphatic heterocycles. The number of hydrogen-bond donors (Lipinski definition) is 4. The zero-order chi connectivity index (χ0) is 15.1. The maximum atomic E-state index is 11.5. The number of ether oxygens (including phenoxy) is 1. The van der Waals surface area contributed by atoms with Crippen LogP contribution < -0.4 is 5.32 Å². The van der Waals surface area contributed by atoms with E-state index in [1.165, 1.54) is 12.4 Å². The van der Waals surface area contributed by atoms with Crippen LogP contribution in [0.2, 0.25) is 0 Å². The second kappa shape index (κ2) is 7.41. The molecule has 1 heterocycles. The van der Waals surface area contributed by atoms with Gasteiger partial charge in [-0.3, -0.25) is 5.10 Å². The first-order valence-corrected chi connectivity index (χ1v) is 6.46. The molecule has 1 amide bonds. The van der Waals surface area contributed by atoms with Crippen LogP contribution in [-0.2, 0) is 11.3 Å². The Balaban J connectivity index is 1.71. The highest BCUT2D eigenvalue weighted by Gasteiger charge is 2.20. The highest BCUT2D eigenvalue weighted by atomic mass is 16.5. The van der Waals surface area contributed by atoms with E-state index in [2.05, 4.69) is 15.5 Å². The van der Waals surface area contributed by atoms with Gasteiger partial charge in [0.25, 0.3) is 0 Å². The topological polar surface area (TPSA) is 107 Å². The minimum Gasteiger partial charge on any atom is -0.445 e. The van der Waals surface area contributed by atoms with E-state index >= 15 is 0 Å². The molecule has 0 radical (unpaired) electrons. The quantitative estimate of drug-likeness (QED) is 0.627. The first-order chi connectivity index (χ1) is 10.2. The SMILES string of the molecule is O=C(NCC(O)C(O)c1cn[nH]c1)OCc1ccccc1. The van der Waals surface area contributed by atoms with Crippen LogP contribution in [0.25, 0.3) is 0 Å². The van der Waals surface area contributed by atoms with Gasteiger partial charge < -0.3 is 20.3 Å². The van der Waals surface area contributed by atoms with Gasteiger partial charge in [0.2, 0.25) is 0 Å². The molecule has 1 aromatic carbocycles. The van der Waals surface area contributed by atoms with Crippen molar-refractivity contribution in [1.29, 1.82) is 0 Å². The molecule has 7 heteroatoms. The average molecular weight is 291 g/mol. The van der Waals surface area contributed by atoms with Gasteiger partial charge in [0.15, 0.2) is 0 Å². The number of carbonyl (C=O) groups excluding carboxylic acids is 1. The van der Waals surface area contributed by atoms with Gasteiger partial charge in [0, 0.05) is 18.3 Å². The molecule has 0 spiro atoms. The Hall–Kier alpha value is -2.38. The van der Waals surface area contributed by atoms with E-state index in [9.17, 15) is 15.0 Å². The molecule has 4 N–H and O–H groups in total. The Morgan fingerprint density at radius 3 is 2.76 bits per heavy atom. The maximum Gasteiger partial charge on any atom is 0.407 e. The summed E-state index contributed by atoms with van der Waals surface area (Å²) in [5, 5.41) is 28.2. The molecule has 2 atom stereocenters. The van der Waals surface area contributed by atoms with Gasteiger partial charge in [0.1, 0.15) is 18.8 Å². The molecule has 0 saturated carbocycles. The van der Waals surface area contributed by atoms with E-state index in [0.717, 1.165) is 5.56 Å². The Morgan fingerprint density at radius 2 is 2.10 bits per heavy atom. The van der Waals surface area contributed by atoms with Crippen molar-refractivity contribution < 1.29 is 19.7 Å². The third-order valence-electron chi connectivity index (χ3n) is 2.89. The van der Waals surface area contributed by atoms with Gasteiger partial charge >= 0.3 is 6.09 Å². The van der Waals surface area contributed by atoms with E-state index < -0.39 is 18.3 Å². The predicted octanol–water partition coefficient (Wildman–Crippen LogP) is 0.730. The number of nitrogens with one attached hydrogen (secondary N) is 2. The number of hydrogen-bond acceptors (Lipinski definition) is 5. The second-order valence-corrected chi connectivity index (χ2v) is 4.49. The average Bonchev–Trinajstić information content (AvgIpc) is 3.05. The highest BCUT2D eigenvalue weighted by Crippen LogP contribution is 2.14. The summed E-state index contributed by atoms with van der Waals surface area (Å²) in [6.45, 7) is 0.0209. The fraction of sp³-hybridized carbons (Fsp3) is 0.286. The van der Waals surface area contributed by atoms with Crippen LogP contribution in [-0.4, -0.2) is 39.2 Å². The van der Waals surface area contributed by atoms with Crippen LogP contribution in [0.5, 0.6) is 0 Å². The second-order valence-electron chi connectivity index (χ2n) is 4.49. The smallest absolute Gasteiger partial charge is 0.407 e.